The van der Waals surface area contributed by atoms with Gasteiger partial charge in [-0.15, -0.1) is 0 Å². The van der Waals surface area contributed by atoms with E-state index in [0.717, 1.165) is 18.9 Å². The average Bonchev–Trinajstić information content (AvgIpc) is 2.43. The topological polar surface area (TPSA) is 65.0 Å². The van der Waals surface area contributed by atoms with Crippen molar-refractivity contribution in [2.24, 2.45) is 5.92 Å². The van der Waals surface area contributed by atoms with Crippen LogP contribution in [0.15, 0.2) is 12.2 Å². The van der Waals surface area contributed by atoms with Crippen molar-refractivity contribution in [3.63, 3.8) is 0 Å². The highest BCUT2D eigenvalue weighted by molar-refractivity contribution is 6.87. The Hall–Kier alpha value is -0.259. The van der Waals surface area contributed by atoms with Crippen LogP contribution in [-0.2, 0) is 17.8 Å². The molecule has 0 heterocycles. The Balaban J connectivity index is 2.73. The molecule has 0 bridgehead atoms. The molecule has 8 heteroatoms. The summed E-state index contributed by atoms with van der Waals surface area (Å²) in [6.45, 7) is 20.8. The van der Waals surface area contributed by atoms with Crippen LogP contribution in [-0.4, -0.2) is 48.5 Å². The zero-order valence-corrected chi connectivity index (χ0v) is 21.6. The molecule has 0 saturated heterocycles. The standard InChI is InChI=1S/C19H40O5Si3/c1-15(2)19(21)22-18-14-16(10-11-17(18)20)12-13-27(9,23-25(3,4)5)24-26(6,7)8/h16-18,20H,1,10-14H2,2-9H3/t16-,17+,18?/m0/s1. The van der Waals surface area contributed by atoms with Crippen LogP contribution in [0, 0.1) is 5.92 Å². The Bertz CT molecular complexity index is 508. The highest BCUT2D eigenvalue weighted by Crippen LogP contribution is 2.34. The van der Waals surface area contributed by atoms with Gasteiger partial charge in [-0.3, -0.25) is 0 Å². The van der Waals surface area contributed by atoms with Crippen LogP contribution in [0.25, 0.3) is 0 Å². The fourth-order valence-electron chi connectivity index (χ4n) is 3.71. The third-order valence-electron chi connectivity index (χ3n) is 4.52. The summed E-state index contributed by atoms with van der Waals surface area (Å²) in [5.74, 6) is 0.00154. The van der Waals surface area contributed by atoms with E-state index < -0.39 is 43.4 Å². The second-order valence-corrected chi connectivity index (χ2v) is 22.9. The minimum atomic E-state index is -2.25. The molecule has 158 valence electrons. The van der Waals surface area contributed by atoms with Gasteiger partial charge in [-0.05, 0) is 90.4 Å². The van der Waals surface area contributed by atoms with Gasteiger partial charge in [-0.1, -0.05) is 6.58 Å². The minimum Gasteiger partial charge on any atom is -0.456 e. The number of esters is 1. The highest BCUT2D eigenvalue weighted by Gasteiger charge is 2.41. The van der Waals surface area contributed by atoms with Crippen molar-refractivity contribution >= 4 is 31.2 Å². The van der Waals surface area contributed by atoms with E-state index in [4.69, 9.17) is 13.0 Å². The van der Waals surface area contributed by atoms with Crippen molar-refractivity contribution in [3.8, 4) is 0 Å². The summed E-state index contributed by atoms with van der Waals surface area (Å²) in [4.78, 5) is 11.8. The van der Waals surface area contributed by atoms with Crippen molar-refractivity contribution in [2.45, 2.75) is 96.7 Å². The molecule has 3 atom stereocenters. The first-order valence-corrected chi connectivity index (χ1v) is 19.4. The first-order chi connectivity index (χ1) is 12.1. The number of carbonyl (C=O) groups excluding carboxylic acids is 1. The maximum Gasteiger partial charge on any atom is 0.333 e. The van der Waals surface area contributed by atoms with Crippen LogP contribution in [0.4, 0.5) is 0 Å². The summed E-state index contributed by atoms with van der Waals surface area (Å²) in [6, 6.07) is 0.948. The Labute approximate surface area is 169 Å². The van der Waals surface area contributed by atoms with E-state index >= 15 is 0 Å². The number of hydrogen-bond donors (Lipinski definition) is 1. The lowest BCUT2D eigenvalue weighted by molar-refractivity contribution is -0.154. The van der Waals surface area contributed by atoms with Crippen LogP contribution >= 0.6 is 0 Å². The first-order valence-electron chi connectivity index (χ1n) is 10.1. The Kier molecular flexibility index (Phi) is 8.71. The van der Waals surface area contributed by atoms with Gasteiger partial charge in [0.05, 0.1) is 6.10 Å². The second kappa shape index (κ2) is 9.49. The zero-order valence-electron chi connectivity index (χ0n) is 18.6. The lowest BCUT2D eigenvalue weighted by atomic mass is 9.84. The van der Waals surface area contributed by atoms with Crippen LogP contribution < -0.4 is 0 Å². The van der Waals surface area contributed by atoms with Gasteiger partial charge in [0.15, 0.2) is 16.6 Å². The average molecular weight is 433 g/mol. The molecule has 0 aromatic heterocycles. The van der Waals surface area contributed by atoms with Gasteiger partial charge in [0.2, 0.25) is 0 Å². The molecule has 0 aromatic carbocycles. The van der Waals surface area contributed by atoms with Gasteiger partial charge in [-0.25, -0.2) is 4.79 Å². The van der Waals surface area contributed by atoms with E-state index in [2.05, 4.69) is 52.4 Å². The molecule has 27 heavy (non-hydrogen) atoms. The van der Waals surface area contributed by atoms with Gasteiger partial charge in [0.1, 0.15) is 6.10 Å². The lowest BCUT2D eigenvalue weighted by Crippen LogP contribution is -2.52. The molecule has 0 aromatic rings. The summed E-state index contributed by atoms with van der Waals surface area (Å²) in [5, 5.41) is 10.2. The number of carbonyl (C=O) groups is 1. The third-order valence-corrected chi connectivity index (χ3v) is 14.1. The molecule has 1 aliphatic carbocycles. The number of aliphatic hydroxyl groups excluding tert-OH is 1. The summed E-state index contributed by atoms with van der Waals surface area (Å²) in [6.07, 6.45) is 2.30. The minimum absolute atomic E-state index is 0.372. The van der Waals surface area contributed by atoms with Crippen LogP contribution in [0.2, 0.25) is 51.9 Å². The Morgan fingerprint density at radius 1 is 1.04 bits per heavy atom. The summed E-state index contributed by atoms with van der Waals surface area (Å²) < 4.78 is 18.6. The summed E-state index contributed by atoms with van der Waals surface area (Å²) in [7, 11) is -5.65. The zero-order chi connectivity index (χ0) is 21.0. The van der Waals surface area contributed by atoms with Crippen molar-refractivity contribution in [1.29, 1.82) is 0 Å². The molecule has 0 spiro atoms. The van der Waals surface area contributed by atoms with Gasteiger partial charge in [0, 0.05) is 5.57 Å². The van der Waals surface area contributed by atoms with E-state index in [0.29, 0.717) is 24.3 Å². The molecular formula is C19H40O5Si3. The van der Waals surface area contributed by atoms with Crippen LogP contribution in [0.3, 0.4) is 0 Å². The predicted molar refractivity (Wildman–Crippen MR) is 118 cm³/mol. The fourth-order valence-corrected chi connectivity index (χ4v) is 16.4. The molecule has 1 N–H and O–H groups in total. The molecule has 1 saturated carbocycles. The number of hydrogen-bond acceptors (Lipinski definition) is 5. The van der Waals surface area contributed by atoms with Crippen molar-refractivity contribution in [3.05, 3.63) is 12.2 Å². The van der Waals surface area contributed by atoms with Crippen molar-refractivity contribution in [2.75, 3.05) is 0 Å². The third kappa shape index (κ3) is 9.67. The normalized spacial score (nSPS) is 24.6. The maximum atomic E-state index is 11.8. The second-order valence-electron chi connectivity index (χ2n) is 10.1. The summed E-state index contributed by atoms with van der Waals surface area (Å²) >= 11 is 0. The van der Waals surface area contributed by atoms with Gasteiger partial charge in [0.25, 0.3) is 0 Å². The van der Waals surface area contributed by atoms with E-state index in [1.807, 2.05) is 0 Å². The van der Waals surface area contributed by atoms with Gasteiger partial charge in [-0.2, -0.15) is 0 Å². The molecule has 1 unspecified atom stereocenters. The molecular weight excluding hydrogens is 392 g/mol. The quantitative estimate of drug-likeness (QED) is 0.322. The SMILES string of the molecule is C=C(C)C(=O)OC1C[C@H](CC[Si](C)(O[Si](C)(C)C)O[Si](C)(C)C)CC[C@H]1O. The van der Waals surface area contributed by atoms with E-state index in [1.54, 1.807) is 6.92 Å². The number of aliphatic hydroxyl groups is 1. The highest BCUT2D eigenvalue weighted by atomic mass is 28.5. The first kappa shape index (κ1) is 24.8. The van der Waals surface area contributed by atoms with Crippen molar-refractivity contribution < 1.29 is 22.9 Å². The monoisotopic (exact) mass is 432 g/mol. The number of rotatable bonds is 9. The predicted octanol–water partition coefficient (Wildman–Crippen LogP) is 4.80. The van der Waals surface area contributed by atoms with Crippen molar-refractivity contribution in [1.82, 2.24) is 0 Å². The van der Waals surface area contributed by atoms with Gasteiger partial charge < -0.3 is 18.1 Å². The van der Waals surface area contributed by atoms with E-state index in [9.17, 15) is 9.90 Å². The number of ether oxygens (including phenoxy) is 1. The Morgan fingerprint density at radius 2 is 1.56 bits per heavy atom. The van der Waals surface area contributed by atoms with E-state index in [1.165, 1.54) is 0 Å². The molecule has 1 aliphatic rings. The lowest BCUT2D eigenvalue weighted by Gasteiger charge is -2.40. The van der Waals surface area contributed by atoms with E-state index in [-0.39, 0.29) is 0 Å². The molecule has 0 radical (unpaired) electrons. The fraction of sp³-hybridized carbons (Fsp3) is 0.842. The maximum absolute atomic E-state index is 11.8. The van der Waals surface area contributed by atoms with Crippen LogP contribution in [0.1, 0.15) is 32.6 Å². The summed E-state index contributed by atoms with van der Waals surface area (Å²) in [5.41, 5.74) is 0.372. The van der Waals surface area contributed by atoms with Gasteiger partial charge >= 0.3 is 14.5 Å². The Morgan fingerprint density at radius 3 is 2.00 bits per heavy atom. The smallest absolute Gasteiger partial charge is 0.333 e. The molecule has 1 fully saturated rings. The van der Waals surface area contributed by atoms with Crippen LogP contribution in [0.5, 0.6) is 0 Å². The molecule has 5 nitrogen and oxygen atoms in total. The molecule has 1 rings (SSSR count). The molecule has 0 aliphatic heterocycles. The largest absolute Gasteiger partial charge is 0.456 e. The molecule has 0 amide bonds.